The molecular weight excluding hydrogens is 156 g/mol. The van der Waals surface area contributed by atoms with Gasteiger partial charge in [-0.15, -0.1) is 0 Å². The first-order chi connectivity index (χ1) is 5.63. The summed E-state index contributed by atoms with van der Waals surface area (Å²) in [6, 6.07) is 0. The van der Waals surface area contributed by atoms with Crippen molar-refractivity contribution in [2.75, 3.05) is 0 Å². The highest BCUT2D eigenvalue weighted by Crippen LogP contribution is 2.00. The molecule has 0 aromatic heterocycles. The van der Waals surface area contributed by atoms with E-state index in [-0.39, 0.29) is 5.57 Å². The fourth-order valence-corrected chi connectivity index (χ4v) is 0.637. The zero-order chi connectivity index (χ0) is 9.56. The number of aldehydes is 1. The van der Waals surface area contributed by atoms with E-state index in [0.29, 0.717) is 6.29 Å². The van der Waals surface area contributed by atoms with Gasteiger partial charge in [0.1, 0.15) is 12.4 Å². The number of aliphatic hydroxyl groups is 1. The molecule has 0 fully saturated rings. The molecule has 3 nitrogen and oxygen atoms in total. The molecule has 3 heteroatoms. The summed E-state index contributed by atoms with van der Waals surface area (Å²) in [5.41, 5.74) is 0.0839. The molecule has 0 aliphatic carbocycles. The molecule has 0 saturated carbocycles. The van der Waals surface area contributed by atoms with E-state index in [1.54, 1.807) is 19.1 Å². The van der Waals surface area contributed by atoms with Crippen molar-refractivity contribution < 1.29 is 14.7 Å². The summed E-state index contributed by atoms with van der Waals surface area (Å²) in [5.74, 6) is -0.433. The number of rotatable bonds is 4. The molecule has 0 spiro atoms. The van der Waals surface area contributed by atoms with Crippen LogP contribution in [0.15, 0.2) is 23.8 Å². The van der Waals surface area contributed by atoms with Crippen LogP contribution in [-0.2, 0) is 9.59 Å². The normalized spacial score (nSPS) is 14.8. The molecule has 1 N–H and O–H groups in total. The van der Waals surface area contributed by atoms with Crippen LogP contribution in [0.1, 0.15) is 13.8 Å². The van der Waals surface area contributed by atoms with Crippen LogP contribution in [0.25, 0.3) is 0 Å². The van der Waals surface area contributed by atoms with Crippen LogP contribution >= 0.6 is 0 Å². The number of Topliss-reactive ketones (excluding diaryl/α,β-unsaturated/α-hetero) is 1. The third-order valence-electron chi connectivity index (χ3n) is 1.32. The number of hydrogen-bond donors (Lipinski definition) is 1. The largest absolute Gasteiger partial charge is 0.380 e. The summed E-state index contributed by atoms with van der Waals surface area (Å²) in [6.07, 6.45) is 3.90. The second kappa shape index (κ2) is 5.43. The van der Waals surface area contributed by atoms with E-state index in [0.717, 1.165) is 0 Å². The summed E-state index contributed by atoms with van der Waals surface area (Å²) in [4.78, 5) is 21.0. The molecule has 0 aliphatic heterocycles. The standard InChI is InChI=1S/C9H12O3/c1-3-4-5-8(6-10)9(12)7(2)11/h3-6,9,12H,1-2H3/b4-3+,8-5+/t9-/m0/s1. The van der Waals surface area contributed by atoms with Crippen molar-refractivity contribution in [3.63, 3.8) is 0 Å². The van der Waals surface area contributed by atoms with Crippen molar-refractivity contribution in [2.45, 2.75) is 20.0 Å². The van der Waals surface area contributed by atoms with E-state index in [2.05, 4.69) is 0 Å². The van der Waals surface area contributed by atoms with Gasteiger partial charge in [0, 0.05) is 5.57 Å². The van der Waals surface area contributed by atoms with Gasteiger partial charge < -0.3 is 5.11 Å². The average molecular weight is 168 g/mol. The monoisotopic (exact) mass is 168 g/mol. The van der Waals surface area contributed by atoms with Crippen LogP contribution in [0.2, 0.25) is 0 Å². The summed E-state index contributed by atoms with van der Waals surface area (Å²) in [5, 5.41) is 9.13. The maximum absolute atomic E-state index is 10.6. The zero-order valence-corrected chi connectivity index (χ0v) is 7.15. The minimum atomic E-state index is -1.29. The minimum absolute atomic E-state index is 0.0839. The predicted octanol–water partition coefficient (Wildman–Crippen LogP) is 0.638. The molecular formula is C9H12O3. The lowest BCUT2D eigenvalue weighted by atomic mass is 10.1. The number of carbonyl (C=O) groups excluding carboxylic acids is 2. The fraction of sp³-hybridized carbons (Fsp3) is 0.333. The number of aliphatic hydroxyl groups excluding tert-OH is 1. The second-order valence-electron chi connectivity index (χ2n) is 2.32. The van der Waals surface area contributed by atoms with E-state index in [1.807, 2.05) is 0 Å². The van der Waals surface area contributed by atoms with Gasteiger partial charge in [-0.2, -0.15) is 0 Å². The van der Waals surface area contributed by atoms with Crippen LogP contribution < -0.4 is 0 Å². The first kappa shape index (κ1) is 10.8. The zero-order valence-electron chi connectivity index (χ0n) is 7.15. The SMILES string of the molecule is C/C=C/C=C(\C=O)[C@@H](O)C(C)=O. The van der Waals surface area contributed by atoms with Gasteiger partial charge in [-0.1, -0.05) is 18.2 Å². The highest BCUT2D eigenvalue weighted by molar-refractivity contribution is 5.92. The van der Waals surface area contributed by atoms with Crippen molar-refractivity contribution in [1.82, 2.24) is 0 Å². The molecule has 0 aromatic carbocycles. The molecule has 0 amide bonds. The lowest BCUT2D eigenvalue weighted by Crippen LogP contribution is -2.20. The number of hydrogen-bond acceptors (Lipinski definition) is 3. The number of carbonyl (C=O) groups is 2. The molecule has 1 atom stereocenters. The highest BCUT2D eigenvalue weighted by Gasteiger charge is 2.13. The first-order valence-electron chi connectivity index (χ1n) is 3.60. The van der Waals surface area contributed by atoms with E-state index in [9.17, 15) is 9.59 Å². The van der Waals surface area contributed by atoms with Crippen molar-refractivity contribution >= 4 is 12.1 Å². The Bertz CT molecular complexity index is 226. The van der Waals surface area contributed by atoms with E-state index >= 15 is 0 Å². The second-order valence-corrected chi connectivity index (χ2v) is 2.32. The fourth-order valence-electron chi connectivity index (χ4n) is 0.637. The summed E-state index contributed by atoms with van der Waals surface area (Å²) in [7, 11) is 0. The quantitative estimate of drug-likeness (QED) is 0.380. The topological polar surface area (TPSA) is 54.4 Å². The Morgan fingerprint density at radius 2 is 2.08 bits per heavy atom. The van der Waals surface area contributed by atoms with Crippen molar-refractivity contribution in [3.8, 4) is 0 Å². The Morgan fingerprint density at radius 1 is 1.50 bits per heavy atom. The van der Waals surface area contributed by atoms with Crippen LogP contribution in [0.4, 0.5) is 0 Å². The molecule has 0 heterocycles. The predicted molar refractivity (Wildman–Crippen MR) is 45.6 cm³/mol. The Labute approximate surface area is 71.4 Å². The van der Waals surface area contributed by atoms with Crippen molar-refractivity contribution in [1.29, 1.82) is 0 Å². The van der Waals surface area contributed by atoms with E-state index in [1.165, 1.54) is 13.0 Å². The lowest BCUT2D eigenvalue weighted by molar-refractivity contribution is -0.124. The van der Waals surface area contributed by atoms with Gasteiger partial charge in [0.05, 0.1) is 0 Å². The van der Waals surface area contributed by atoms with Gasteiger partial charge in [0.15, 0.2) is 5.78 Å². The first-order valence-corrected chi connectivity index (χ1v) is 3.60. The molecule has 0 unspecified atom stereocenters. The van der Waals surface area contributed by atoms with Gasteiger partial charge in [-0.05, 0) is 13.8 Å². The van der Waals surface area contributed by atoms with Gasteiger partial charge in [-0.25, -0.2) is 0 Å². The Kier molecular flexibility index (Phi) is 4.88. The van der Waals surface area contributed by atoms with Crippen molar-refractivity contribution in [2.24, 2.45) is 0 Å². The highest BCUT2D eigenvalue weighted by atomic mass is 16.3. The summed E-state index contributed by atoms with van der Waals surface area (Å²) < 4.78 is 0. The third-order valence-corrected chi connectivity index (χ3v) is 1.32. The van der Waals surface area contributed by atoms with E-state index in [4.69, 9.17) is 5.11 Å². The summed E-state index contributed by atoms with van der Waals surface area (Å²) in [6.45, 7) is 3.01. The Balaban J connectivity index is 4.54. The maximum atomic E-state index is 10.6. The molecule has 0 saturated heterocycles. The van der Waals surface area contributed by atoms with Crippen LogP contribution in [0, 0.1) is 0 Å². The maximum Gasteiger partial charge on any atom is 0.162 e. The minimum Gasteiger partial charge on any atom is -0.380 e. The molecule has 66 valence electrons. The van der Waals surface area contributed by atoms with E-state index < -0.39 is 11.9 Å². The van der Waals surface area contributed by atoms with Crippen LogP contribution in [-0.4, -0.2) is 23.3 Å². The number of ketones is 1. The Hall–Kier alpha value is -1.22. The molecule has 0 bridgehead atoms. The van der Waals surface area contributed by atoms with Crippen LogP contribution in [0.3, 0.4) is 0 Å². The van der Waals surface area contributed by atoms with Gasteiger partial charge >= 0.3 is 0 Å². The molecule has 0 aromatic rings. The van der Waals surface area contributed by atoms with Gasteiger partial charge in [0.25, 0.3) is 0 Å². The molecule has 12 heavy (non-hydrogen) atoms. The van der Waals surface area contributed by atoms with Gasteiger partial charge in [0.2, 0.25) is 0 Å². The third kappa shape index (κ3) is 3.25. The average Bonchev–Trinajstić information content (AvgIpc) is 2.05. The molecule has 0 aliphatic rings. The van der Waals surface area contributed by atoms with Crippen molar-refractivity contribution in [3.05, 3.63) is 23.8 Å². The number of allylic oxidation sites excluding steroid dienone is 3. The molecule has 0 radical (unpaired) electrons. The molecule has 0 rings (SSSR count). The van der Waals surface area contributed by atoms with Crippen LogP contribution in [0.5, 0.6) is 0 Å². The van der Waals surface area contributed by atoms with Gasteiger partial charge in [-0.3, -0.25) is 9.59 Å². The summed E-state index contributed by atoms with van der Waals surface area (Å²) >= 11 is 0. The lowest BCUT2D eigenvalue weighted by Gasteiger charge is -2.03. The Morgan fingerprint density at radius 3 is 2.42 bits per heavy atom. The smallest absolute Gasteiger partial charge is 0.162 e.